The fraction of sp³-hybridized carbons (Fsp3) is 0.278. The Hall–Kier alpha value is -1.91. The van der Waals surface area contributed by atoms with Crippen LogP contribution in [-0.4, -0.2) is 42.4 Å². The highest BCUT2D eigenvalue weighted by atomic mass is 35.5. The number of hydrogen-bond acceptors (Lipinski definition) is 2. The number of piperazine rings is 1. The van der Waals surface area contributed by atoms with Crippen molar-refractivity contribution in [2.24, 2.45) is 0 Å². The Morgan fingerprint density at radius 1 is 1.17 bits per heavy atom. The van der Waals surface area contributed by atoms with Crippen LogP contribution in [0.15, 0.2) is 48.5 Å². The lowest BCUT2D eigenvalue weighted by atomic mass is 10.0. The van der Waals surface area contributed by atoms with Gasteiger partial charge in [0, 0.05) is 30.2 Å². The van der Waals surface area contributed by atoms with E-state index >= 15 is 0 Å². The van der Waals surface area contributed by atoms with Crippen molar-refractivity contribution in [3.05, 3.63) is 70.5 Å². The van der Waals surface area contributed by atoms with E-state index in [1.54, 1.807) is 36.4 Å². The summed E-state index contributed by atoms with van der Waals surface area (Å²) in [4.78, 5) is 16.7. The predicted octanol–water partition coefficient (Wildman–Crippen LogP) is 3.61. The molecule has 0 N–H and O–H groups in total. The molecule has 0 spiro atoms. The van der Waals surface area contributed by atoms with E-state index in [0.717, 1.165) is 12.1 Å². The summed E-state index contributed by atoms with van der Waals surface area (Å²) in [6, 6.07) is 13.5. The van der Waals surface area contributed by atoms with Crippen molar-refractivity contribution in [2.45, 2.75) is 6.04 Å². The maximum absolute atomic E-state index is 13.1. The zero-order valence-corrected chi connectivity index (χ0v) is 13.6. The van der Waals surface area contributed by atoms with Crippen LogP contribution in [0.25, 0.3) is 0 Å². The molecule has 3 nitrogen and oxygen atoms in total. The Labute approximate surface area is 140 Å². The van der Waals surface area contributed by atoms with E-state index in [2.05, 4.69) is 4.90 Å². The molecule has 1 unspecified atom stereocenters. The largest absolute Gasteiger partial charge is 0.335 e. The lowest BCUT2D eigenvalue weighted by Gasteiger charge is -2.39. The Kier molecular flexibility index (Phi) is 4.64. The topological polar surface area (TPSA) is 23.6 Å². The molecule has 0 aromatic heterocycles. The van der Waals surface area contributed by atoms with Gasteiger partial charge < -0.3 is 4.90 Å². The number of rotatable bonds is 2. The predicted molar refractivity (Wildman–Crippen MR) is 89.1 cm³/mol. The fourth-order valence-corrected chi connectivity index (χ4v) is 3.10. The minimum absolute atomic E-state index is 0.0206. The highest BCUT2D eigenvalue weighted by Crippen LogP contribution is 2.25. The van der Waals surface area contributed by atoms with Crippen molar-refractivity contribution in [1.82, 2.24) is 9.80 Å². The van der Waals surface area contributed by atoms with Crippen LogP contribution in [0.2, 0.25) is 5.02 Å². The molecule has 5 heteroatoms. The molecular weight excluding hydrogens is 315 g/mol. The number of nitrogens with zero attached hydrogens (tertiary/aromatic N) is 2. The second kappa shape index (κ2) is 6.69. The quantitative estimate of drug-likeness (QED) is 0.838. The molecule has 23 heavy (non-hydrogen) atoms. The summed E-state index contributed by atoms with van der Waals surface area (Å²) in [5.41, 5.74) is 1.61. The maximum atomic E-state index is 13.1. The standard InChI is InChI=1S/C18H18ClFN2O/c1-21-9-10-22(18(23)14-3-2-4-15(19)11-14)12-17(21)13-5-7-16(20)8-6-13/h2-8,11,17H,9-10,12H2,1H3. The summed E-state index contributed by atoms with van der Waals surface area (Å²) < 4.78 is 13.1. The highest BCUT2D eigenvalue weighted by molar-refractivity contribution is 6.30. The number of amides is 1. The molecule has 1 atom stereocenters. The summed E-state index contributed by atoms with van der Waals surface area (Å²) in [6.45, 7) is 2.02. The lowest BCUT2D eigenvalue weighted by Crippen LogP contribution is -2.49. The van der Waals surface area contributed by atoms with E-state index in [0.29, 0.717) is 23.7 Å². The molecule has 1 fully saturated rings. The van der Waals surface area contributed by atoms with Gasteiger partial charge in [0.05, 0.1) is 6.04 Å². The molecule has 1 amide bonds. The summed E-state index contributed by atoms with van der Waals surface area (Å²) in [5.74, 6) is -0.271. The van der Waals surface area contributed by atoms with Crippen LogP contribution in [0.4, 0.5) is 4.39 Å². The van der Waals surface area contributed by atoms with Crippen molar-refractivity contribution in [3.8, 4) is 0 Å². The van der Waals surface area contributed by atoms with Crippen molar-refractivity contribution in [3.63, 3.8) is 0 Å². The SMILES string of the molecule is CN1CCN(C(=O)c2cccc(Cl)c2)CC1c1ccc(F)cc1. The van der Waals surface area contributed by atoms with Crippen LogP contribution in [0.5, 0.6) is 0 Å². The van der Waals surface area contributed by atoms with Gasteiger partial charge in [0.15, 0.2) is 0 Å². The second-order valence-electron chi connectivity index (χ2n) is 5.81. The van der Waals surface area contributed by atoms with Gasteiger partial charge in [0.2, 0.25) is 0 Å². The Bertz CT molecular complexity index is 704. The van der Waals surface area contributed by atoms with Gasteiger partial charge in [-0.25, -0.2) is 4.39 Å². The van der Waals surface area contributed by atoms with E-state index in [9.17, 15) is 9.18 Å². The molecule has 1 aliphatic rings. The van der Waals surface area contributed by atoms with E-state index in [1.165, 1.54) is 12.1 Å². The van der Waals surface area contributed by atoms with Gasteiger partial charge in [-0.05, 0) is 42.9 Å². The second-order valence-corrected chi connectivity index (χ2v) is 6.25. The summed E-state index contributed by atoms with van der Waals surface area (Å²) in [5, 5.41) is 0.556. The molecule has 0 bridgehead atoms. The lowest BCUT2D eigenvalue weighted by molar-refractivity contribution is 0.0546. The summed E-state index contributed by atoms with van der Waals surface area (Å²) in [7, 11) is 2.02. The van der Waals surface area contributed by atoms with Crippen LogP contribution >= 0.6 is 11.6 Å². The zero-order chi connectivity index (χ0) is 16.4. The molecule has 2 aromatic carbocycles. The third kappa shape index (κ3) is 3.54. The van der Waals surface area contributed by atoms with Crippen LogP contribution in [0, 0.1) is 5.82 Å². The van der Waals surface area contributed by atoms with E-state index in [1.807, 2.05) is 11.9 Å². The molecular formula is C18H18ClFN2O. The normalized spacial score (nSPS) is 18.9. The third-order valence-electron chi connectivity index (χ3n) is 4.26. The summed E-state index contributed by atoms with van der Waals surface area (Å²) >= 11 is 5.98. The van der Waals surface area contributed by atoms with Crippen LogP contribution in [0.3, 0.4) is 0 Å². The molecule has 120 valence electrons. The van der Waals surface area contributed by atoms with Gasteiger partial charge in [0.25, 0.3) is 5.91 Å². The number of carbonyl (C=O) groups excluding carboxylic acids is 1. The van der Waals surface area contributed by atoms with E-state index < -0.39 is 0 Å². The first-order chi connectivity index (χ1) is 11.0. The first kappa shape index (κ1) is 16.0. The van der Waals surface area contributed by atoms with Crippen molar-refractivity contribution in [1.29, 1.82) is 0 Å². The highest BCUT2D eigenvalue weighted by Gasteiger charge is 2.29. The molecule has 1 saturated heterocycles. The van der Waals surface area contributed by atoms with Gasteiger partial charge in [-0.15, -0.1) is 0 Å². The Morgan fingerprint density at radius 3 is 2.61 bits per heavy atom. The average Bonchev–Trinajstić information content (AvgIpc) is 2.55. The fourth-order valence-electron chi connectivity index (χ4n) is 2.91. The van der Waals surface area contributed by atoms with Crippen LogP contribution < -0.4 is 0 Å². The monoisotopic (exact) mass is 332 g/mol. The number of benzene rings is 2. The molecule has 2 aromatic rings. The van der Waals surface area contributed by atoms with Crippen molar-refractivity contribution < 1.29 is 9.18 Å². The minimum atomic E-state index is -0.251. The number of hydrogen-bond donors (Lipinski definition) is 0. The smallest absolute Gasteiger partial charge is 0.254 e. The molecule has 3 rings (SSSR count). The van der Waals surface area contributed by atoms with E-state index in [4.69, 9.17) is 11.6 Å². The molecule has 0 radical (unpaired) electrons. The summed E-state index contributed by atoms with van der Waals surface area (Å²) in [6.07, 6.45) is 0. The first-order valence-corrected chi connectivity index (χ1v) is 7.93. The Balaban J connectivity index is 1.80. The van der Waals surface area contributed by atoms with Crippen LogP contribution in [-0.2, 0) is 0 Å². The van der Waals surface area contributed by atoms with Crippen molar-refractivity contribution in [2.75, 3.05) is 26.7 Å². The van der Waals surface area contributed by atoms with Gasteiger partial charge >= 0.3 is 0 Å². The van der Waals surface area contributed by atoms with Crippen LogP contribution in [0.1, 0.15) is 22.0 Å². The molecule has 1 heterocycles. The van der Waals surface area contributed by atoms with Gasteiger partial charge in [-0.2, -0.15) is 0 Å². The maximum Gasteiger partial charge on any atom is 0.254 e. The number of carbonyl (C=O) groups is 1. The number of likely N-dealkylation sites (N-methyl/N-ethyl adjacent to an activating group) is 1. The van der Waals surface area contributed by atoms with E-state index in [-0.39, 0.29) is 17.8 Å². The molecule has 0 saturated carbocycles. The average molecular weight is 333 g/mol. The van der Waals surface area contributed by atoms with Gasteiger partial charge in [-0.1, -0.05) is 29.8 Å². The van der Waals surface area contributed by atoms with Gasteiger partial charge in [0.1, 0.15) is 5.82 Å². The Morgan fingerprint density at radius 2 is 1.91 bits per heavy atom. The van der Waals surface area contributed by atoms with Gasteiger partial charge in [-0.3, -0.25) is 9.69 Å². The zero-order valence-electron chi connectivity index (χ0n) is 12.9. The molecule has 1 aliphatic heterocycles. The first-order valence-electron chi connectivity index (χ1n) is 7.55. The number of halogens is 2. The minimum Gasteiger partial charge on any atom is -0.335 e. The third-order valence-corrected chi connectivity index (χ3v) is 4.50. The molecule has 0 aliphatic carbocycles. The van der Waals surface area contributed by atoms with Crippen molar-refractivity contribution >= 4 is 17.5 Å².